The average Bonchev–Trinajstić information content (AvgIpc) is 2.43. The van der Waals surface area contributed by atoms with E-state index < -0.39 is 0 Å². The van der Waals surface area contributed by atoms with E-state index in [0.29, 0.717) is 6.04 Å². The van der Waals surface area contributed by atoms with E-state index in [1.165, 1.54) is 25.7 Å². The summed E-state index contributed by atoms with van der Waals surface area (Å²) in [5.41, 5.74) is 0. The summed E-state index contributed by atoms with van der Waals surface area (Å²) in [5.74, 6) is 1.73. The average molecular weight is 263 g/mol. The van der Waals surface area contributed by atoms with Gasteiger partial charge in [0.05, 0.1) is 0 Å². The Labute approximate surface area is 118 Å². The summed E-state index contributed by atoms with van der Waals surface area (Å²) in [6, 6.07) is 10.6. The van der Waals surface area contributed by atoms with E-state index in [1.807, 2.05) is 30.3 Å². The molecule has 2 heteroatoms. The monoisotopic (exact) mass is 263 g/mol. The fourth-order valence-corrected chi connectivity index (χ4v) is 2.37. The van der Waals surface area contributed by atoms with Gasteiger partial charge in [0.2, 0.25) is 0 Å². The summed E-state index contributed by atoms with van der Waals surface area (Å²) in [6.45, 7) is 8.63. The molecule has 0 radical (unpaired) electrons. The zero-order valence-corrected chi connectivity index (χ0v) is 12.7. The Kier molecular flexibility index (Phi) is 8.31. The maximum atomic E-state index is 5.88. The van der Waals surface area contributed by atoms with Gasteiger partial charge in [0, 0.05) is 6.04 Å². The van der Waals surface area contributed by atoms with Gasteiger partial charge >= 0.3 is 0 Å². The third-order valence-corrected chi connectivity index (χ3v) is 3.35. The summed E-state index contributed by atoms with van der Waals surface area (Å²) < 4.78 is 5.88. The number of benzene rings is 1. The molecule has 0 saturated carbocycles. The molecule has 0 fully saturated rings. The molecule has 1 aromatic carbocycles. The van der Waals surface area contributed by atoms with E-state index in [0.717, 1.165) is 24.8 Å². The third kappa shape index (κ3) is 7.22. The van der Waals surface area contributed by atoms with Crippen LogP contribution < -0.4 is 10.1 Å². The van der Waals surface area contributed by atoms with Crippen molar-refractivity contribution in [2.45, 2.75) is 52.5 Å². The molecule has 2 atom stereocenters. The van der Waals surface area contributed by atoms with Crippen molar-refractivity contribution in [1.82, 2.24) is 5.32 Å². The standard InChI is InChI=1S/C17H29NO/c1-4-9-15(3)13-16(18-12-5-2)14-19-17-10-7-6-8-11-17/h6-8,10-11,15-16,18H,4-5,9,12-14H2,1-3H3. The van der Waals surface area contributed by atoms with Crippen molar-refractivity contribution in [2.75, 3.05) is 13.2 Å². The second-order valence-electron chi connectivity index (χ2n) is 5.40. The maximum Gasteiger partial charge on any atom is 0.119 e. The van der Waals surface area contributed by atoms with E-state index in [-0.39, 0.29) is 0 Å². The molecule has 19 heavy (non-hydrogen) atoms. The molecule has 0 aliphatic rings. The van der Waals surface area contributed by atoms with Crippen molar-refractivity contribution < 1.29 is 4.74 Å². The van der Waals surface area contributed by atoms with Gasteiger partial charge in [0.15, 0.2) is 0 Å². The van der Waals surface area contributed by atoms with Gasteiger partial charge in [-0.3, -0.25) is 0 Å². The Morgan fingerprint density at radius 1 is 1.11 bits per heavy atom. The Hall–Kier alpha value is -1.02. The van der Waals surface area contributed by atoms with Gasteiger partial charge in [-0.25, -0.2) is 0 Å². The fourth-order valence-electron chi connectivity index (χ4n) is 2.37. The second kappa shape index (κ2) is 9.85. The minimum absolute atomic E-state index is 0.460. The molecule has 0 aromatic heterocycles. The Morgan fingerprint density at radius 2 is 1.84 bits per heavy atom. The highest BCUT2D eigenvalue weighted by Crippen LogP contribution is 2.15. The van der Waals surface area contributed by atoms with Crippen LogP contribution in [-0.4, -0.2) is 19.2 Å². The molecule has 0 aliphatic heterocycles. The van der Waals surface area contributed by atoms with Crippen LogP contribution in [0.15, 0.2) is 30.3 Å². The van der Waals surface area contributed by atoms with E-state index in [4.69, 9.17) is 4.74 Å². The van der Waals surface area contributed by atoms with Crippen LogP contribution in [-0.2, 0) is 0 Å². The van der Waals surface area contributed by atoms with Gasteiger partial charge < -0.3 is 10.1 Å². The number of hydrogen-bond donors (Lipinski definition) is 1. The number of nitrogens with one attached hydrogen (secondary N) is 1. The Morgan fingerprint density at radius 3 is 2.47 bits per heavy atom. The van der Waals surface area contributed by atoms with Crippen LogP contribution in [0.1, 0.15) is 46.5 Å². The molecular weight excluding hydrogens is 234 g/mol. The number of para-hydroxylation sites is 1. The van der Waals surface area contributed by atoms with Gasteiger partial charge in [-0.15, -0.1) is 0 Å². The summed E-state index contributed by atoms with van der Waals surface area (Å²) in [5, 5.41) is 3.60. The number of rotatable bonds is 10. The normalized spacial score (nSPS) is 14.1. The highest BCUT2D eigenvalue weighted by molar-refractivity contribution is 5.20. The van der Waals surface area contributed by atoms with Crippen LogP contribution in [0, 0.1) is 5.92 Å². The summed E-state index contributed by atoms with van der Waals surface area (Å²) in [7, 11) is 0. The molecule has 1 aromatic rings. The second-order valence-corrected chi connectivity index (χ2v) is 5.40. The molecule has 1 rings (SSSR count). The Bertz CT molecular complexity index is 312. The first-order chi connectivity index (χ1) is 9.26. The van der Waals surface area contributed by atoms with Crippen molar-refractivity contribution in [3.8, 4) is 5.75 Å². The Balaban J connectivity index is 2.40. The van der Waals surface area contributed by atoms with E-state index in [1.54, 1.807) is 0 Å². The maximum absolute atomic E-state index is 5.88. The minimum atomic E-state index is 0.460. The molecule has 0 bridgehead atoms. The summed E-state index contributed by atoms with van der Waals surface area (Å²) in [6.07, 6.45) is 4.93. The molecule has 0 spiro atoms. The van der Waals surface area contributed by atoms with Crippen LogP contribution in [0.2, 0.25) is 0 Å². The lowest BCUT2D eigenvalue weighted by Crippen LogP contribution is -2.36. The van der Waals surface area contributed by atoms with Crippen molar-refractivity contribution >= 4 is 0 Å². The topological polar surface area (TPSA) is 21.3 Å². The zero-order chi connectivity index (χ0) is 13.9. The van der Waals surface area contributed by atoms with Crippen LogP contribution in [0.4, 0.5) is 0 Å². The highest BCUT2D eigenvalue weighted by atomic mass is 16.5. The van der Waals surface area contributed by atoms with E-state index in [9.17, 15) is 0 Å². The summed E-state index contributed by atoms with van der Waals surface area (Å²) >= 11 is 0. The lowest BCUT2D eigenvalue weighted by molar-refractivity contribution is 0.238. The van der Waals surface area contributed by atoms with E-state index >= 15 is 0 Å². The first-order valence-electron chi connectivity index (χ1n) is 7.67. The van der Waals surface area contributed by atoms with Crippen LogP contribution in [0.3, 0.4) is 0 Å². The molecule has 2 nitrogen and oxygen atoms in total. The largest absolute Gasteiger partial charge is 0.492 e. The molecule has 0 saturated heterocycles. The van der Waals surface area contributed by atoms with Gasteiger partial charge in [-0.1, -0.05) is 51.8 Å². The molecule has 108 valence electrons. The quantitative estimate of drug-likeness (QED) is 0.681. The third-order valence-electron chi connectivity index (χ3n) is 3.35. The molecule has 0 aliphatic carbocycles. The van der Waals surface area contributed by atoms with Crippen LogP contribution >= 0.6 is 0 Å². The smallest absolute Gasteiger partial charge is 0.119 e. The van der Waals surface area contributed by atoms with Gasteiger partial charge in [0.25, 0.3) is 0 Å². The number of hydrogen-bond acceptors (Lipinski definition) is 2. The van der Waals surface area contributed by atoms with Gasteiger partial charge in [0.1, 0.15) is 12.4 Å². The van der Waals surface area contributed by atoms with Crippen molar-refractivity contribution in [1.29, 1.82) is 0 Å². The van der Waals surface area contributed by atoms with E-state index in [2.05, 4.69) is 26.1 Å². The lowest BCUT2D eigenvalue weighted by Gasteiger charge is -2.22. The van der Waals surface area contributed by atoms with Crippen molar-refractivity contribution in [3.05, 3.63) is 30.3 Å². The lowest BCUT2D eigenvalue weighted by atomic mass is 9.97. The first kappa shape index (κ1) is 16.0. The fraction of sp³-hybridized carbons (Fsp3) is 0.647. The minimum Gasteiger partial charge on any atom is -0.492 e. The van der Waals surface area contributed by atoms with Gasteiger partial charge in [-0.2, -0.15) is 0 Å². The molecule has 0 amide bonds. The molecule has 0 heterocycles. The zero-order valence-electron chi connectivity index (χ0n) is 12.7. The molecule has 2 unspecified atom stereocenters. The predicted octanol–water partition coefficient (Wildman–Crippen LogP) is 4.26. The van der Waals surface area contributed by atoms with Crippen LogP contribution in [0.5, 0.6) is 5.75 Å². The summed E-state index contributed by atoms with van der Waals surface area (Å²) in [4.78, 5) is 0. The number of ether oxygens (including phenoxy) is 1. The molecule has 1 N–H and O–H groups in total. The molecular formula is C17H29NO. The van der Waals surface area contributed by atoms with Crippen LogP contribution in [0.25, 0.3) is 0 Å². The highest BCUT2D eigenvalue weighted by Gasteiger charge is 2.13. The van der Waals surface area contributed by atoms with Gasteiger partial charge in [-0.05, 0) is 37.4 Å². The SMILES string of the molecule is CCCNC(COc1ccccc1)CC(C)CCC. The predicted molar refractivity (Wildman–Crippen MR) is 82.7 cm³/mol. The van der Waals surface area contributed by atoms with Crippen molar-refractivity contribution in [3.63, 3.8) is 0 Å². The van der Waals surface area contributed by atoms with Crippen molar-refractivity contribution in [2.24, 2.45) is 5.92 Å². The first-order valence-corrected chi connectivity index (χ1v) is 7.67.